The minimum atomic E-state index is -0.750. The van der Waals surface area contributed by atoms with Crippen molar-refractivity contribution in [3.8, 4) is 0 Å². The summed E-state index contributed by atoms with van der Waals surface area (Å²) in [4.78, 5) is 9.28. The first-order chi connectivity index (χ1) is 4.46. The Morgan fingerprint density at radius 2 is 1.50 bits per heavy atom. The van der Waals surface area contributed by atoms with Gasteiger partial charge >= 0.3 is 33.3 Å². The monoisotopic (exact) mass is 212 g/mol. The van der Waals surface area contributed by atoms with Gasteiger partial charge in [0.15, 0.2) is 0 Å². The maximum atomic E-state index is 9.28. The van der Waals surface area contributed by atoms with Gasteiger partial charge in [-0.3, -0.25) is 0 Å². The van der Waals surface area contributed by atoms with Crippen molar-refractivity contribution in [2.24, 2.45) is 11.5 Å². The Balaban J connectivity index is -0.0000000787. The Kier molecular flexibility index (Phi) is 25.7. The molecule has 0 unspecified atom stereocenters. The van der Waals surface area contributed by atoms with E-state index in [0.717, 1.165) is 0 Å². The first-order valence-corrected chi connectivity index (χ1v) is 3.94. The van der Waals surface area contributed by atoms with E-state index in [4.69, 9.17) is 5.11 Å². The van der Waals surface area contributed by atoms with Gasteiger partial charge in [-0.25, -0.2) is 0 Å². The Labute approximate surface area is 74.9 Å². The Hall–Kier alpha value is -0.477. The Morgan fingerprint density at radius 1 is 1.50 bits per heavy atom. The van der Waals surface area contributed by atoms with Gasteiger partial charge in [0.2, 0.25) is 0 Å². The molecular weight excluding hydrogens is 206 g/mol. The van der Waals surface area contributed by atoms with Crippen LogP contribution in [0.2, 0.25) is 0 Å². The number of nitrogens with two attached hydrogens (primary N) is 2. The second-order valence-corrected chi connectivity index (χ2v) is 2.65. The zero-order chi connectivity index (χ0) is 9.15. The number of hydrogen-bond donors (Lipinski definition) is 2. The molecule has 0 atom stereocenters. The van der Waals surface area contributed by atoms with Gasteiger partial charge in [0.25, 0.3) is 0 Å². The molecule has 0 bridgehead atoms. The number of primary amides is 1. The molecule has 10 heavy (non-hydrogen) atoms. The van der Waals surface area contributed by atoms with Crippen LogP contribution in [0.25, 0.3) is 0 Å². The van der Waals surface area contributed by atoms with Crippen LogP contribution in [0, 0.1) is 0 Å². The molecule has 0 aromatic carbocycles. The summed E-state index contributed by atoms with van der Waals surface area (Å²) < 4.78 is -0.208. The van der Waals surface area contributed by atoms with Crippen molar-refractivity contribution in [3.63, 3.8) is 0 Å². The second kappa shape index (κ2) is 15.8. The summed E-state index contributed by atoms with van der Waals surface area (Å²) in [6.07, 6.45) is 0. The molecule has 0 saturated heterocycles. The molecule has 0 aromatic heterocycles. The van der Waals surface area contributed by atoms with Gasteiger partial charge in [-0.15, -0.1) is 13.2 Å². The predicted octanol–water partition coefficient (Wildman–Crippen LogP) is -0.996. The number of carbonyl (C=O) groups excluding carboxylic acids is 1. The van der Waals surface area contributed by atoms with E-state index in [0.29, 0.717) is 18.3 Å². The molecule has 0 saturated carbocycles. The van der Waals surface area contributed by atoms with Crippen molar-refractivity contribution in [1.29, 1.82) is 0 Å². The molecule has 1 amide bonds. The topological polar surface area (TPSA) is 92.2 Å². The number of rotatable bonds is 0. The van der Waals surface area contributed by atoms with Gasteiger partial charge in [0.05, 0.1) is 0 Å². The molecule has 6 heteroatoms. The molecule has 0 aliphatic rings. The summed E-state index contributed by atoms with van der Waals surface area (Å²) >= 11 is 4.33. The normalized spacial score (nSPS) is 5.40. The maximum absolute atomic E-state index is 9.28. The van der Waals surface area contributed by atoms with Gasteiger partial charge in [-0.1, -0.05) is 12.2 Å². The van der Waals surface area contributed by atoms with E-state index in [1.165, 1.54) is 0 Å². The van der Waals surface area contributed by atoms with E-state index < -0.39 is 5.17 Å². The SMILES string of the molecule is C=C.NC([O-])=S.N[C](=O)[Zn+]. The zero-order valence-corrected chi connectivity index (χ0v) is 9.28. The average molecular weight is 214 g/mol. The minimum absolute atomic E-state index is 0.208. The van der Waals surface area contributed by atoms with Crippen LogP contribution in [0.15, 0.2) is 13.2 Å². The number of carbonyl (C=O) groups is 1. The van der Waals surface area contributed by atoms with Crippen LogP contribution in [0.3, 0.4) is 0 Å². The summed E-state index contributed by atoms with van der Waals surface area (Å²) in [5.74, 6) is 0. The average Bonchev–Trinajstić information content (AvgIpc) is 1.66. The van der Waals surface area contributed by atoms with E-state index in [-0.39, 0.29) is 4.50 Å². The van der Waals surface area contributed by atoms with E-state index in [9.17, 15) is 4.79 Å². The zero-order valence-electron chi connectivity index (χ0n) is 5.50. The molecule has 0 radical (unpaired) electrons. The number of hydrogen-bond acceptors (Lipinski definition) is 3. The van der Waals surface area contributed by atoms with Crippen molar-refractivity contribution >= 4 is 21.9 Å². The van der Waals surface area contributed by atoms with E-state index in [1.807, 2.05) is 0 Å². The molecule has 0 aliphatic heterocycles. The Bertz CT molecular complexity index is 89.4. The Morgan fingerprint density at radius 3 is 1.50 bits per heavy atom. The third-order valence-corrected chi connectivity index (χ3v) is 0. The molecule has 0 heterocycles. The van der Waals surface area contributed by atoms with Gasteiger partial charge in [0, 0.05) is 5.17 Å². The summed E-state index contributed by atoms with van der Waals surface area (Å²) in [6, 6.07) is 0. The van der Waals surface area contributed by atoms with E-state index >= 15 is 0 Å². The van der Waals surface area contributed by atoms with E-state index in [1.54, 1.807) is 0 Å². The third kappa shape index (κ3) is 1410. The molecule has 0 aliphatic carbocycles. The fraction of sp³-hybridized carbons (Fsp3) is 0. The molecule has 0 rings (SSSR count). The van der Waals surface area contributed by atoms with Gasteiger partial charge in [0.1, 0.15) is 0 Å². The quantitative estimate of drug-likeness (QED) is 0.307. The third-order valence-electron chi connectivity index (χ3n) is 0. The van der Waals surface area contributed by atoms with Crippen LogP contribution in [0.5, 0.6) is 0 Å². The van der Waals surface area contributed by atoms with Crippen molar-refractivity contribution in [1.82, 2.24) is 0 Å². The fourth-order valence-corrected chi connectivity index (χ4v) is 0. The summed E-state index contributed by atoms with van der Waals surface area (Å²) in [5, 5.41) is 8.29. The summed E-state index contributed by atoms with van der Waals surface area (Å²) in [6.45, 7) is 6.00. The molecule has 0 fully saturated rings. The predicted molar refractivity (Wildman–Crippen MR) is 37.6 cm³/mol. The molecular formula is C4H8N2O2SZn. The van der Waals surface area contributed by atoms with Crippen LogP contribution in [0.4, 0.5) is 4.79 Å². The van der Waals surface area contributed by atoms with Gasteiger partial charge in [-0.05, 0) is 0 Å². The summed E-state index contributed by atoms with van der Waals surface area (Å²) in [5.41, 5.74) is 8.81. The van der Waals surface area contributed by atoms with E-state index in [2.05, 4.69) is 36.8 Å². The van der Waals surface area contributed by atoms with Crippen molar-refractivity contribution in [3.05, 3.63) is 13.2 Å². The van der Waals surface area contributed by atoms with Crippen LogP contribution >= 0.6 is 12.2 Å². The van der Waals surface area contributed by atoms with Crippen molar-refractivity contribution in [2.75, 3.05) is 0 Å². The van der Waals surface area contributed by atoms with Gasteiger partial charge < -0.3 is 10.8 Å². The number of amides is 1. The molecule has 54 valence electrons. The second-order valence-electron chi connectivity index (χ2n) is 0.785. The van der Waals surface area contributed by atoms with Gasteiger partial charge in [-0.2, -0.15) is 0 Å². The standard InChI is InChI=1S/C2H4.CH3NOS.CH2NO.Zn/c1-2;2-1(3)4;2-1-3;/h1-2H2;(H3,2,3,4);(H2,2,3);/q;;;+1/p-1. The molecule has 0 spiro atoms. The van der Waals surface area contributed by atoms with Crippen LogP contribution in [-0.2, 0) is 18.3 Å². The molecule has 4 N–H and O–H groups in total. The molecule has 4 nitrogen and oxygen atoms in total. The van der Waals surface area contributed by atoms with Crippen LogP contribution in [0.1, 0.15) is 0 Å². The van der Waals surface area contributed by atoms with Crippen molar-refractivity contribution in [2.45, 2.75) is 0 Å². The van der Waals surface area contributed by atoms with Crippen LogP contribution < -0.4 is 16.6 Å². The fourth-order valence-electron chi connectivity index (χ4n) is 0. The molecule has 0 aromatic rings. The first kappa shape index (κ1) is 16.3. The van der Waals surface area contributed by atoms with Crippen molar-refractivity contribution < 1.29 is 28.2 Å². The summed E-state index contributed by atoms with van der Waals surface area (Å²) in [7, 11) is 0. The first-order valence-electron chi connectivity index (χ1n) is 2.04. The number of thiocarbonyl (C=S) groups is 1. The van der Waals surface area contributed by atoms with Crippen LogP contribution in [-0.4, -0.2) is 9.68 Å².